The molecular weight excluding hydrogens is 262 g/mol. The summed E-state index contributed by atoms with van der Waals surface area (Å²) in [6.45, 7) is 3.58. The molecule has 0 amide bonds. The van der Waals surface area contributed by atoms with Crippen molar-refractivity contribution in [2.45, 2.75) is 25.8 Å². The predicted octanol–water partition coefficient (Wildman–Crippen LogP) is 3.44. The number of nitrogen functional groups attached to an aromatic ring is 1. The summed E-state index contributed by atoms with van der Waals surface area (Å²) in [7, 11) is 0. The van der Waals surface area contributed by atoms with Crippen LogP contribution in [0.3, 0.4) is 0 Å². The molecule has 5 heteroatoms. The lowest BCUT2D eigenvalue weighted by Gasteiger charge is -2.25. The van der Waals surface area contributed by atoms with Crippen molar-refractivity contribution in [2.75, 3.05) is 18.8 Å². The molecule has 0 atom stereocenters. The summed E-state index contributed by atoms with van der Waals surface area (Å²) in [6.07, 6.45) is 4.09. The fourth-order valence-corrected chi connectivity index (χ4v) is 3.99. The molecule has 1 saturated heterocycles. The maximum Gasteiger partial charge on any atom is 0.180 e. The SMILES string of the molecule is Nc1nc(-c2ccc(CN3CCCCC3)s2)cs1. The second-order valence-electron chi connectivity index (χ2n) is 4.67. The molecule has 0 saturated carbocycles. The van der Waals surface area contributed by atoms with Gasteiger partial charge in [-0.15, -0.1) is 22.7 Å². The number of piperidine rings is 1. The molecule has 3 rings (SSSR count). The second-order valence-corrected chi connectivity index (χ2v) is 6.73. The summed E-state index contributed by atoms with van der Waals surface area (Å²) in [6, 6.07) is 4.39. The maximum absolute atomic E-state index is 5.68. The van der Waals surface area contributed by atoms with E-state index in [-0.39, 0.29) is 0 Å². The van der Waals surface area contributed by atoms with Crippen LogP contribution >= 0.6 is 22.7 Å². The lowest BCUT2D eigenvalue weighted by atomic mass is 10.1. The number of nitrogens with zero attached hydrogens (tertiary/aromatic N) is 2. The van der Waals surface area contributed by atoms with Crippen LogP contribution in [0.1, 0.15) is 24.1 Å². The molecule has 1 aliphatic rings. The second kappa shape index (κ2) is 5.38. The molecule has 3 heterocycles. The van der Waals surface area contributed by atoms with Gasteiger partial charge in [-0.3, -0.25) is 4.90 Å². The van der Waals surface area contributed by atoms with Crippen molar-refractivity contribution in [3.8, 4) is 10.6 Å². The summed E-state index contributed by atoms with van der Waals surface area (Å²) in [5, 5.41) is 2.68. The zero-order chi connectivity index (χ0) is 12.4. The first-order valence-corrected chi connectivity index (χ1v) is 8.03. The molecule has 2 aromatic rings. The highest BCUT2D eigenvalue weighted by Gasteiger charge is 2.12. The Morgan fingerprint density at radius 2 is 2.06 bits per heavy atom. The van der Waals surface area contributed by atoms with Crippen molar-refractivity contribution < 1.29 is 0 Å². The lowest BCUT2D eigenvalue weighted by molar-refractivity contribution is 0.222. The van der Waals surface area contributed by atoms with Crippen LogP contribution in [0.4, 0.5) is 5.13 Å². The topological polar surface area (TPSA) is 42.1 Å². The van der Waals surface area contributed by atoms with E-state index in [1.165, 1.54) is 53.4 Å². The first kappa shape index (κ1) is 12.1. The smallest absolute Gasteiger partial charge is 0.180 e. The minimum atomic E-state index is 0.649. The summed E-state index contributed by atoms with van der Waals surface area (Å²) in [5.41, 5.74) is 6.70. The van der Waals surface area contributed by atoms with Gasteiger partial charge in [0.25, 0.3) is 0 Å². The molecule has 0 aliphatic carbocycles. The van der Waals surface area contributed by atoms with Crippen LogP contribution < -0.4 is 5.73 Å². The number of rotatable bonds is 3. The third-order valence-corrected chi connectivity index (χ3v) is 5.03. The van der Waals surface area contributed by atoms with E-state index in [9.17, 15) is 0 Å². The average molecular weight is 279 g/mol. The van der Waals surface area contributed by atoms with E-state index in [1.54, 1.807) is 0 Å². The Balaban J connectivity index is 1.69. The van der Waals surface area contributed by atoms with Crippen molar-refractivity contribution >= 4 is 27.8 Å². The number of hydrogen-bond donors (Lipinski definition) is 1. The van der Waals surface area contributed by atoms with Gasteiger partial charge in [0.1, 0.15) is 0 Å². The summed E-state index contributed by atoms with van der Waals surface area (Å²) in [5.74, 6) is 0. The highest BCUT2D eigenvalue weighted by atomic mass is 32.1. The van der Waals surface area contributed by atoms with Crippen molar-refractivity contribution in [3.63, 3.8) is 0 Å². The quantitative estimate of drug-likeness (QED) is 0.936. The Labute approximate surface area is 115 Å². The third kappa shape index (κ3) is 2.74. The van der Waals surface area contributed by atoms with Crippen LogP contribution in [0.5, 0.6) is 0 Å². The van der Waals surface area contributed by atoms with Gasteiger partial charge in [0.15, 0.2) is 5.13 Å². The van der Waals surface area contributed by atoms with Crippen molar-refractivity contribution in [2.24, 2.45) is 0 Å². The molecule has 0 aromatic carbocycles. The van der Waals surface area contributed by atoms with Gasteiger partial charge in [-0.2, -0.15) is 0 Å². The van der Waals surface area contributed by atoms with Gasteiger partial charge in [0.05, 0.1) is 10.6 Å². The lowest BCUT2D eigenvalue weighted by Crippen LogP contribution is -2.28. The maximum atomic E-state index is 5.68. The zero-order valence-corrected chi connectivity index (χ0v) is 11.9. The number of hydrogen-bond acceptors (Lipinski definition) is 5. The Bertz CT molecular complexity index is 512. The molecule has 0 spiro atoms. The Kier molecular flexibility index (Phi) is 3.63. The molecule has 1 fully saturated rings. The van der Waals surface area contributed by atoms with Crippen LogP contribution in [-0.2, 0) is 6.54 Å². The fourth-order valence-electron chi connectivity index (χ4n) is 2.34. The highest BCUT2D eigenvalue weighted by molar-refractivity contribution is 7.16. The van der Waals surface area contributed by atoms with Crippen LogP contribution in [0.25, 0.3) is 10.6 Å². The number of thiophene rings is 1. The van der Waals surface area contributed by atoms with E-state index in [2.05, 4.69) is 22.0 Å². The molecule has 96 valence electrons. The van der Waals surface area contributed by atoms with Crippen LogP contribution in [0.15, 0.2) is 17.5 Å². The predicted molar refractivity (Wildman–Crippen MR) is 79.0 cm³/mol. The van der Waals surface area contributed by atoms with Gasteiger partial charge >= 0.3 is 0 Å². The van der Waals surface area contributed by atoms with Gasteiger partial charge < -0.3 is 5.73 Å². The largest absolute Gasteiger partial charge is 0.375 e. The Morgan fingerprint density at radius 1 is 1.22 bits per heavy atom. The molecule has 2 N–H and O–H groups in total. The Morgan fingerprint density at radius 3 is 2.78 bits per heavy atom. The van der Waals surface area contributed by atoms with Gasteiger partial charge in [-0.1, -0.05) is 6.42 Å². The standard InChI is InChI=1S/C13H17N3S2/c14-13-15-11(9-17-13)12-5-4-10(18-12)8-16-6-2-1-3-7-16/h4-5,9H,1-3,6-8H2,(H2,14,15). The number of likely N-dealkylation sites (tertiary alicyclic amines) is 1. The average Bonchev–Trinajstić information content (AvgIpc) is 2.99. The van der Waals surface area contributed by atoms with Crippen molar-refractivity contribution in [1.82, 2.24) is 9.88 Å². The first-order chi connectivity index (χ1) is 8.81. The van der Waals surface area contributed by atoms with Gasteiger partial charge in [0, 0.05) is 16.8 Å². The molecular formula is C13H17N3S2. The van der Waals surface area contributed by atoms with Crippen LogP contribution in [0, 0.1) is 0 Å². The molecule has 3 nitrogen and oxygen atoms in total. The van der Waals surface area contributed by atoms with E-state index in [0.717, 1.165) is 12.2 Å². The molecule has 1 aliphatic heterocycles. The minimum Gasteiger partial charge on any atom is -0.375 e. The van der Waals surface area contributed by atoms with Crippen molar-refractivity contribution in [3.05, 3.63) is 22.4 Å². The molecule has 0 radical (unpaired) electrons. The zero-order valence-electron chi connectivity index (χ0n) is 10.3. The summed E-state index contributed by atoms with van der Waals surface area (Å²) >= 11 is 3.35. The summed E-state index contributed by atoms with van der Waals surface area (Å²) in [4.78, 5) is 9.54. The highest BCUT2D eigenvalue weighted by Crippen LogP contribution is 2.30. The monoisotopic (exact) mass is 279 g/mol. The number of aromatic nitrogens is 1. The number of nitrogens with two attached hydrogens (primary N) is 1. The Hall–Kier alpha value is -0.910. The van der Waals surface area contributed by atoms with E-state index in [0.29, 0.717) is 5.13 Å². The number of thiazole rings is 1. The van der Waals surface area contributed by atoms with E-state index in [1.807, 2.05) is 16.7 Å². The normalized spacial score (nSPS) is 17.1. The number of anilines is 1. The van der Waals surface area contributed by atoms with E-state index in [4.69, 9.17) is 5.73 Å². The summed E-state index contributed by atoms with van der Waals surface area (Å²) < 4.78 is 0. The minimum absolute atomic E-state index is 0.649. The van der Waals surface area contributed by atoms with Crippen molar-refractivity contribution in [1.29, 1.82) is 0 Å². The molecule has 2 aromatic heterocycles. The van der Waals surface area contributed by atoms with Gasteiger partial charge in [0.2, 0.25) is 0 Å². The van der Waals surface area contributed by atoms with Crippen LogP contribution in [-0.4, -0.2) is 23.0 Å². The fraction of sp³-hybridized carbons (Fsp3) is 0.462. The molecule has 18 heavy (non-hydrogen) atoms. The first-order valence-electron chi connectivity index (χ1n) is 6.34. The third-order valence-electron chi connectivity index (χ3n) is 3.26. The van der Waals surface area contributed by atoms with Gasteiger partial charge in [-0.05, 0) is 38.1 Å². The molecule has 0 bridgehead atoms. The van der Waals surface area contributed by atoms with Crippen LogP contribution in [0.2, 0.25) is 0 Å². The van der Waals surface area contributed by atoms with E-state index < -0.39 is 0 Å². The molecule has 0 unspecified atom stereocenters. The van der Waals surface area contributed by atoms with E-state index >= 15 is 0 Å². The van der Waals surface area contributed by atoms with Gasteiger partial charge in [-0.25, -0.2) is 4.98 Å².